The summed E-state index contributed by atoms with van der Waals surface area (Å²) in [6.07, 6.45) is 1.02. The summed E-state index contributed by atoms with van der Waals surface area (Å²) in [7, 11) is 0. The minimum atomic E-state index is -1.08. The van der Waals surface area contributed by atoms with Gasteiger partial charge in [-0.05, 0) is 12.1 Å². The zero-order chi connectivity index (χ0) is 20.8. The van der Waals surface area contributed by atoms with E-state index in [0.717, 1.165) is 23.1 Å². The molecule has 0 saturated heterocycles. The Morgan fingerprint density at radius 2 is 1.90 bits per heavy atom. The van der Waals surface area contributed by atoms with Crippen molar-refractivity contribution in [1.82, 2.24) is 15.6 Å². The van der Waals surface area contributed by atoms with Gasteiger partial charge in [-0.25, -0.2) is 5.43 Å². The van der Waals surface area contributed by atoms with Crippen molar-refractivity contribution >= 4 is 51.8 Å². The monoisotopic (exact) mass is 430 g/mol. The van der Waals surface area contributed by atoms with E-state index in [-0.39, 0.29) is 21.4 Å². The van der Waals surface area contributed by atoms with E-state index in [9.17, 15) is 19.7 Å². The molecule has 0 saturated carbocycles. The first-order valence-electron chi connectivity index (χ1n) is 7.91. The Balaban J connectivity index is 1.61. The highest BCUT2D eigenvalue weighted by molar-refractivity contribution is 7.18. The largest absolute Gasteiger partial charge is 0.329 e. The van der Waals surface area contributed by atoms with Crippen molar-refractivity contribution in [3.63, 3.8) is 0 Å². The summed E-state index contributed by atoms with van der Waals surface area (Å²) in [5.74, 6) is -2.10. The highest BCUT2D eigenvalue weighted by atomic mass is 35.5. The molecule has 0 unspecified atom stereocenters. The first-order chi connectivity index (χ1) is 13.9. The fraction of sp³-hybridized carbons (Fsp3) is 0. The van der Waals surface area contributed by atoms with Gasteiger partial charge >= 0.3 is 11.8 Å². The van der Waals surface area contributed by atoms with Crippen LogP contribution in [0.25, 0.3) is 10.6 Å². The van der Waals surface area contributed by atoms with Crippen LogP contribution in [0.15, 0.2) is 53.6 Å². The lowest BCUT2D eigenvalue weighted by atomic mass is 10.2. The van der Waals surface area contributed by atoms with Gasteiger partial charge in [0.2, 0.25) is 5.13 Å². The molecule has 0 aliphatic rings. The van der Waals surface area contributed by atoms with Crippen LogP contribution >= 0.6 is 22.9 Å². The Bertz CT molecular complexity index is 1100. The lowest BCUT2D eigenvalue weighted by Crippen LogP contribution is -2.32. The fourth-order valence-corrected chi connectivity index (χ4v) is 3.06. The first kappa shape index (κ1) is 20.0. The number of amides is 2. The molecule has 2 N–H and O–H groups in total. The van der Waals surface area contributed by atoms with Gasteiger partial charge in [0.15, 0.2) is 0 Å². The summed E-state index contributed by atoms with van der Waals surface area (Å²) >= 11 is 6.90. The average Bonchev–Trinajstić information content (AvgIpc) is 3.17. The number of anilines is 1. The number of nitrogens with one attached hydrogen (secondary N) is 2. The third-order valence-corrected chi connectivity index (χ3v) is 4.55. The van der Waals surface area contributed by atoms with Crippen LogP contribution in [0.2, 0.25) is 5.02 Å². The third kappa shape index (κ3) is 5.18. The van der Waals surface area contributed by atoms with Gasteiger partial charge in [0.05, 0.1) is 16.7 Å². The molecule has 146 valence electrons. The van der Waals surface area contributed by atoms with Crippen LogP contribution in [0.5, 0.6) is 0 Å². The maximum absolute atomic E-state index is 11.9. The number of halogens is 1. The highest BCUT2D eigenvalue weighted by Crippen LogP contribution is 2.25. The third-order valence-electron chi connectivity index (χ3n) is 3.43. The minimum Gasteiger partial charge on any atom is -0.292 e. The molecular weight excluding hydrogens is 420 g/mol. The second-order valence-corrected chi connectivity index (χ2v) is 6.81. The molecule has 2 aromatic carbocycles. The number of hydrogen-bond donors (Lipinski definition) is 2. The van der Waals surface area contributed by atoms with E-state index in [0.29, 0.717) is 5.01 Å². The number of aromatic nitrogens is 2. The van der Waals surface area contributed by atoms with Crippen LogP contribution in [0, 0.1) is 10.1 Å². The molecule has 0 atom stereocenters. The molecule has 29 heavy (non-hydrogen) atoms. The van der Waals surface area contributed by atoms with E-state index in [2.05, 4.69) is 20.6 Å². The van der Waals surface area contributed by atoms with Crippen molar-refractivity contribution in [2.45, 2.75) is 0 Å². The van der Waals surface area contributed by atoms with Gasteiger partial charge in [-0.1, -0.05) is 53.3 Å². The molecule has 3 rings (SSSR count). The number of rotatable bonds is 5. The summed E-state index contributed by atoms with van der Waals surface area (Å²) in [6, 6.07) is 13.1. The summed E-state index contributed by atoms with van der Waals surface area (Å²) in [5.41, 5.74) is 2.62. The van der Waals surface area contributed by atoms with Gasteiger partial charge in [-0.3, -0.25) is 25.0 Å². The van der Waals surface area contributed by atoms with Crippen LogP contribution < -0.4 is 10.7 Å². The van der Waals surface area contributed by atoms with Gasteiger partial charge in [0.25, 0.3) is 5.69 Å². The normalized spacial score (nSPS) is 10.7. The van der Waals surface area contributed by atoms with E-state index in [4.69, 9.17) is 11.6 Å². The number of carbonyl (C=O) groups excluding carboxylic acids is 2. The molecule has 2 amide bonds. The van der Waals surface area contributed by atoms with Gasteiger partial charge in [0.1, 0.15) is 5.01 Å². The molecule has 1 aromatic heterocycles. The number of nitro benzene ring substituents is 1. The van der Waals surface area contributed by atoms with Crippen molar-refractivity contribution in [3.05, 3.63) is 69.2 Å². The molecule has 0 aliphatic heterocycles. The second kappa shape index (κ2) is 8.99. The van der Waals surface area contributed by atoms with Crippen LogP contribution in [0.3, 0.4) is 0 Å². The van der Waals surface area contributed by atoms with E-state index < -0.39 is 16.7 Å². The number of hydrazone groups is 1. The molecule has 10 nitrogen and oxygen atoms in total. The second-order valence-electron chi connectivity index (χ2n) is 5.39. The predicted octanol–water partition coefficient (Wildman–Crippen LogP) is 2.86. The Morgan fingerprint density at radius 1 is 1.14 bits per heavy atom. The van der Waals surface area contributed by atoms with Gasteiger partial charge in [0, 0.05) is 16.7 Å². The standard InChI is InChI=1S/C17H11ClN6O4S/c18-12-6-7-13(24(27)28)11(8-12)9-19-21-15(26)14(25)20-17-23-22-16(29-17)10-4-2-1-3-5-10/h1-9H,(H,21,26)(H,20,23,25). The SMILES string of the molecule is O=C(NN=Cc1cc(Cl)ccc1[N+](=O)[O-])C(=O)Nc1nnc(-c2ccccc2)s1. The lowest BCUT2D eigenvalue weighted by Gasteiger charge is -2.00. The molecule has 1 heterocycles. The van der Waals surface area contributed by atoms with Crippen LogP contribution in [-0.2, 0) is 9.59 Å². The number of carbonyl (C=O) groups is 2. The molecule has 12 heteroatoms. The van der Waals surface area contributed by atoms with E-state index in [1.54, 1.807) is 0 Å². The number of hydrogen-bond acceptors (Lipinski definition) is 8. The number of nitro groups is 1. The zero-order valence-electron chi connectivity index (χ0n) is 14.4. The van der Waals surface area contributed by atoms with E-state index in [1.807, 2.05) is 35.8 Å². The van der Waals surface area contributed by atoms with Crippen LogP contribution in [-0.4, -0.2) is 33.1 Å². The summed E-state index contributed by atoms with van der Waals surface area (Å²) in [5, 5.41) is 25.6. The van der Waals surface area contributed by atoms with Crippen molar-refractivity contribution in [1.29, 1.82) is 0 Å². The Labute approximate surface area is 172 Å². The number of benzene rings is 2. The smallest absolute Gasteiger partial charge is 0.292 e. The highest BCUT2D eigenvalue weighted by Gasteiger charge is 2.17. The maximum Gasteiger partial charge on any atom is 0.329 e. The molecule has 0 aliphatic carbocycles. The molecule has 0 bridgehead atoms. The quantitative estimate of drug-likeness (QED) is 0.276. The summed E-state index contributed by atoms with van der Waals surface area (Å²) in [4.78, 5) is 34.2. The fourth-order valence-electron chi connectivity index (χ4n) is 2.13. The predicted molar refractivity (Wildman–Crippen MR) is 108 cm³/mol. The van der Waals surface area contributed by atoms with Crippen molar-refractivity contribution in [3.8, 4) is 10.6 Å². The minimum absolute atomic E-state index is 0.0693. The Hall–Kier alpha value is -3.70. The van der Waals surface area contributed by atoms with Crippen LogP contribution in [0.1, 0.15) is 5.56 Å². The van der Waals surface area contributed by atoms with Gasteiger partial charge in [-0.15, -0.1) is 10.2 Å². The molecular formula is C17H11ClN6O4S. The van der Waals surface area contributed by atoms with Crippen LogP contribution in [0.4, 0.5) is 10.8 Å². The summed E-state index contributed by atoms with van der Waals surface area (Å²) in [6.45, 7) is 0. The average molecular weight is 431 g/mol. The molecule has 0 radical (unpaired) electrons. The van der Waals surface area contributed by atoms with E-state index >= 15 is 0 Å². The number of nitrogens with zero attached hydrogens (tertiary/aromatic N) is 4. The van der Waals surface area contributed by atoms with Gasteiger partial charge < -0.3 is 0 Å². The Kier molecular flexibility index (Phi) is 6.22. The topological polar surface area (TPSA) is 139 Å². The summed E-state index contributed by atoms with van der Waals surface area (Å²) < 4.78 is 0. The lowest BCUT2D eigenvalue weighted by molar-refractivity contribution is -0.385. The maximum atomic E-state index is 11.9. The Morgan fingerprint density at radius 3 is 2.62 bits per heavy atom. The van der Waals surface area contributed by atoms with Crippen molar-refractivity contribution in [2.24, 2.45) is 5.10 Å². The molecule has 0 spiro atoms. The van der Waals surface area contributed by atoms with Gasteiger partial charge in [-0.2, -0.15) is 5.10 Å². The van der Waals surface area contributed by atoms with Crippen molar-refractivity contribution < 1.29 is 14.5 Å². The zero-order valence-corrected chi connectivity index (χ0v) is 16.0. The molecule has 0 fully saturated rings. The van der Waals surface area contributed by atoms with E-state index in [1.165, 1.54) is 18.2 Å². The first-order valence-corrected chi connectivity index (χ1v) is 9.11. The van der Waals surface area contributed by atoms with Crippen molar-refractivity contribution in [2.75, 3.05) is 5.32 Å². The molecule has 3 aromatic rings.